The molecule has 5 N–H and O–H groups in total. The molecular weight excluding hydrogens is 762 g/mol. The number of nitrogens with one attached hydrogen (secondary N) is 5. The molecule has 1 unspecified atom stereocenters. The van der Waals surface area contributed by atoms with Gasteiger partial charge in [0.15, 0.2) is 6.61 Å². The van der Waals surface area contributed by atoms with E-state index in [0.717, 1.165) is 73.3 Å². The fraction of sp³-hybridized carbons (Fsp3) is 0.400. The predicted molar refractivity (Wildman–Crippen MR) is 225 cm³/mol. The number of rotatable bonds is 17. The SMILES string of the molecule is CCc1cccc(-c2ccc(CNC(=O)CCCCCNC(=O)COc3ccc(C4CCC(=O)NC4=O)cc3)s2)c1.Cc1ccc(NC2CCNCC2)cc1[C-]=O.[Na+]. The first-order chi connectivity index (χ1) is 27.7. The Labute approximate surface area is 368 Å². The quantitative estimate of drug-likeness (QED) is 0.0470. The van der Waals surface area contributed by atoms with E-state index in [4.69, 9.17) is 4.74 Å². The van der Waals surface area contributed by atoms with Gasteiger partial charge in [-0.1, -0.05) is 62.7 Å². The van der Waals surface area contributed by atoms with Crippen molar-refractivity contribution < 1.29 is 58.3 Å². The van der Waals surface area contributed by atoms with Crippen molar-refractivity contribution in [2.24, 2.45) is 0 Å². The summed E-state index contributed by atoms with van der Waals surface area (Å²) in [5.74, 6) is -0.513. The Hall–Kier alpha value is -4.33. The van der Waals surface area contributed by atoms with E-state index in [0.29, 0.717) is 49.7 Å². The van der Waals surface area contributed by atoms with Gasteiger partial charge in [0.05, 0.1) is 18.7 Å². The fourth-order valence-corrected chi connectivity index (χ4v) is 7.64. The molecule has 13 heteroatoms. The van der Waals surface area contributed by atoms with Crippen LogP contribution in [0.2, 0.25) is 0 Å². The number of imide groups is 1. The second kappa shape index (κ2) is 24.6. The summed E-state index contributed by atoms with van der Waals surface area (Å²) in [7, 11) is 0. The molecule has 0 spiro atoms. The third-order valence-corrected chi connectivity index (χ3v) is 11.2. The smallest absolute Gasteiger partial charge is 0.484 e. The summed E-state index contributed by atoms with van der Waals surface area (Å²) in [6.45, 7) is 7.16. The van der Waals surface area contributed by atoms with Crippen LogP contribution in [0.15, 0.2) is 78.9 Å². The molecule has 6 rings (SSSR count). The van der Waals surface area contributed by atoms with Gasteiger partial charge in [0.1, 0.15) is 5.75 Å². The largest absolute Gasteiger partial charge is 1.00 e. The van der Waals surface area contributed by atoms with Gasteiger partial charge < -0.3 is 30.8 Å². The zero-order valence-corrected chi connectivity index (χ0v) is 36.7. The van der Waals surface area contributed by atoms with Crippen LogP contribution in [0.5, 0.6) is 5.75 Å². The normalized spacial score (nSPS) is 15.2. The maximum atomic E-state index is 12.3. The van der Waals surface area contributed by atoms with E-state index in [2.05, 4.69) is 69.9 Å². The van der Waals surface area contributed by atoms with Crippen molar-refractivity contribution >= 4 is 46.9 Å². The van der Waals surface area contributed by atoms with Crippen molar-refractivity contribution in [3.8, 4) is 16.2 Å². The first-order valence-electron chi connectivity index (χ1n) is 19.9. The van der Waals surface area contributed by atoms with Gasteiger partial charge in [0, 0.05) is 35.2 Å². The summed E-state index contributed by atoms with van der Waals surface area (Å²) >= 11 is 1.70. The van der Waals surface area contributed by atoms with Crippen LogP contribution < -0.4 is 60.9 Å². The minimum Gasteiger partial charge on any atom is -0.484 e. The molecule has 2 saturated heterocycles. The zero-order valence-electron chi connectivity index (χ0n) is 33.9. The first kappa shape index (κ1) is 46.4. The monoisotopic (exact) mass is 815 g/mol. The molecular formula is C45H54N5NaO6S. The Balaban J connectivity index is 0.000000365. The summed E-state index contributed by atoms with van der Waals surface area (Å²) in [4.78, 5) is 60.7. The Kier molecular flexibility index (Phi) is 19.6. The number of aryl methyl sites for hydroxylation is 2. The van der Waals surface area contributed by atoms with Crippen molar-refractivity contribution in [2.75, 3.05) is 31.6 Å². The van der Waals surface area contributed by atoms with Gasteiger partial charge in [0.25, 0.3) is 5.91 Å². The Morgan fingerprint density at radius 3 is 2.43 bits per heavy atom. The number of benzene rings is 3. The van der Waals surface area contributed by atoms with Crippen LogP contribution in [0.3, 0.4) is 0 Å². The van der Waals surface area contributed by atoms with E-state index in [9.17, 15) is 24.0 Å². The van der Waals surface area contributed by atoms with Crippen LogP contribution in [0.1, 0.15) is 91.3 Å². The van der Waals surface area contributed by atoms with Gasteiger partial charge in [-0.05, 0) is 98.3 Å². The number of anilines is 1. The summed E-state index contributed by atoms with van der Waals surface area (Å²) in [5.41, 5.74) is 6.00. The standard InChI is InChI=1S/C32H37N3O5S.C13H17N2O.Na/c1-2-22-7-6-8-24(19-22)28-16-14-26(41-28)20-34-29(36)9-4-3-5-18-33-31(38)21-40-25-12-10-23(11-13-25)27-15-17-30(37)35-32(27)39;1-10-2-3-13(8-11(10)9-16)15-12-4-6-14-7-5-12;/h6-8,10-14,16,19,27H,2-5,9,15,17-18,20-21H2,1H3,(H,33,38)(H,34,36)(H,35,37,39);2-3,8,12,14-15H,4-7H2,1H3;/q;-1;+1. The van der Waals surface area contributed by atoms with Crippen molar-refractivity contribution in [3.63, 3.8) is 0 Å². The van der Waals surface area contributed by atoms with Crippen LogP contribution in [-0.2, 0) is 36.9 Å². The van der Waals surface area contributed by atoms with Crippen LogP contribution in [0.25, 0.3) is 10.4 Å². The summed E-state index contributed by atoms with van der Waals surface area (Å²) in [6, 6.07) is 26.1. The van der Waals surface area contributed by atoms with Crippen LogP contribution >= 0.6 is 11.3 Å². The van der Waals surface area contributed by atoms with Crippen molar-refractivity contribution in [1.82, 2.24) is 21.3 Å². The third-order valence-electron chi connectivity index (χ3n) is 10.1. The molecule has 58 heavy (non-hydrogen) atoms. The number of amides is 4. The van der Waals surface area contributed by atoms with Gasteiger partial charge in [-0.2, -0.15) is 0 Å². The molecule has 0 radical (unpaired) electrons. The van der Waals surface area contributed by atoms with Gasteiger partial charge >= 0.3 is 29.6 Å². The van der Waals surface area contributed by atoms with Gasteiger partial charge in [-0.15, -0.1) is 34.6 Å². The second-order valence-electron chi connectivity index (χ2n) is 14.4. The van der Waals surface area contributed by atoms with Crippen molar-refractivity contribution in [3.05, 3.63) is 106 Å². The van der Waals surface area contributed by atoms with E-state index in [1.807, 2.05) is 31.4 Å². The molecule has 3 aromatic carbocycles. The third kappa shape index (κ3) is 15.1. The average molecular weight is 816 g/mol. The van der Waals surface area contributed by atoms with Gasteiger partial charge in [0.2, 0.25) is 17.7 Å². The van der Waals surface area contributed by atoms with Crippen LogP contribution in [0, 0.1) is 6.92 Å². The molecule has 3 heterocycles. The Morgan fingerprint density at radius 2 is 1.69 bits per heavy atom. The Morgan fingerprint density at radius 1 is 0.897 bits per heavy atom. The van der Waals surface area contributed by atoms with E-state index in [-0.39, 0.29) is 65.7 Å². The number of thiophene rings is 1. The number of carbonyl (C=O) groups is 4. The average Bonchev–Trinajstić information content (AvgIpc) is 3.71. The number of carbonyl (C=O) groups excluding carboxylic acids is 5. The number of hydrogen-bond acceptors (Lipinski definition) is 9. The van der Waals surface area contributed by atoms with Gasteiger partial charge in [-0.25, -0.2) is 0 Å². The van der Waals surface area contributed by atoms with E-state index in [1.54, 1.807) is 35.6 Å². The number of ether oxygens (including phenoxy) is 1. The molecule has 0 bridgehead atoms. The molecule has 1 aromatic heterocycles. The molecule has 11 nitrogen and oxygen atoms in total. The molecule has 4 aromatic rings. The summed E-state index contributed by atoms with van der Waals surface area (Å²) < 4.78 is 5.55. The number of piperidine rings is 2. The van der Waals surface area contributed by atoms with Gasteiger partial charge in [-0.3, -0.25) is 24.5 Å². The predicted octanol–water partition coefficient (Wildman–Crippen LogP) is 3.49. The summed E-state index contributed by atoms with van der Waals surface area (Å²) in [6.07, 6.45) is 8.91. The molecule has 0 saturated carbocycles. The van der Waals surface area contributed by atoms with Crippen molar-refractivity contribution in [1.29, 1.82) is 0 Å². The van der Waals surface area contributed by atoms with Crippen LogP contribution in [-0.4, -0.2) is 62.2 Å². The topological polar surface area (TPSA) is 155 Å². The fourth-order valence-electron chi connectivity index (χ4n) is 6.69. The van der Waals surface area contributed by atoms with E-state index in [1.165, 1.54) is 16.0 Å². The molecule has 4 amide bonds. The minimum absolute atomic E-state index is 0. The first-order valence-corrected chi connectivity index (χ1v) is 20.8. The number of unbranched alkanes of at least 4 members (excludes halogenated alkanes) is 2. The molecule has 2 fully saturated rings. The Bertz CT molecular complexity index is 1960. The molecule has 2 aliphatic rings. The molecule has 2 aliphatic heterocycles. The second-order valence-corrected chi connectivity index (χ2v) is 15.6. The minimum atomic E-state index is -0.348. The molecule has 302 valence electrons. The number of hydrogen-bond donors (Lipinski definition) is 5. The maximum Gasteiger partial charge on any atom is 1.00 e. The summed E-state index contributed by atoms with van der Waals surface area (Å²) in [5, 5.41) is 15.0. The van der Waals surface area contributed by atoms with E-state index >= 15 is 0 Å². The van der Waals surface area contributed by atoms with Crippen molar-refractivity contribution in [2.45, 2.75) is 90.1 Å². The zero-order chi connectivity index (χ0) is 40.4. The van der Waals surface area contributed by atoms with E-state index < -0.39 is 0 Å². The molecule has 0 aliphatic carbocycles. The molecule has 1 atom stereocenters. The van der Waals surface area contributed by atoms with Crippen LogP contribution in [0.4, 0.5) is 5.69 Å². The maximum absolute atomic E-state index is 12.3.